The molecule has 0 unspecified atom stereocenters. The molecule has 0 saturated carbocycles. The number of hydrogen-bond donors (Lipinski definition) is 1. The molecule has 0 radical (unpaired) electrons. The largest absolute Gasteiger partial charge is 0.493 e. The number of tetrazole rings is 1. The molecule has 0 aliphatic rings. The number of nitrogens with one attached hydrogen (secondary N) is 1. The van der Waals surface area contributed by atoms with Gasteiger partial charge in [-0.05, 0) is 22.6 Å². The van der Waals surface area contributed by atoms with Crippen LogP contribution in [0.25, 0.3) is 11.4 Å². The van der Waals surface area contributed by atoms with Gasteiger partial charge in [0.25, 0.3) is 5.91 Å². The Labute approximate surface area is 166 Å². The van der Waals surface area contributed by atoms with Gasteiger partial charge in [0, 0.05) is 30.3 Å². The Morgan fingerprint density at radius 3 is 2.38 bits per heavy atom. The average molecular weight is 397 g/mol. The van der Waals surface area contributed by atoms with Gasteiger partial charge in [-0.1, -0.05) is 12.1 Å². The minimum absolute atomic E-state index is 0.132. The number of carbonyl (C=O) groups is 2. The van der Waals surface area contributed by atoms with Crippen LogP contribution in [0.5, 0.6) is 11.5 Å². The zero-order chi connectivity index (χ0) is 21.0. The van der Waals surface area contributed by atoms with Gasteiger partial charge < -0.3 is 19.5 Å². The lowest BCUT2D eigenvalue weighted by atomic mass is 10.1. The van der Waals surface area contributed by atoms with E-state index in [9.17, 15) is 9.59 Å². The van der Waals surface area contributed by atoms with Crippen LogP contribution in [-0.2, 0) is 11.8 Å². The van der Waals surface area contributed by atoms with E-state index in [1.165, 1.54) is 38.1 Å². The molecule has 3 aromatic rings. The molecule has 150 valence electrons. The molecule has 0 bridgehead atoms. The van der Waals surface area contributed by atoms with Gasteiger partial charge >= 0.3 is 5.97 Å². The van der Waals surface area contributed by atoms with E-state index in [1.807, 2.05) is 0 Å². The number of methoxy groups -OCH3 is 3. The van der Waals surface area contributed by atoms with E-state index in [1.54, 1.807) is 31.3 Å². The predicted octanol–water partition coefficient (Wildman–Crippen LogP) is 1.93. The van der Waals surface area contributed by atoms with E-state index >= 15 is 0 Å². The Morgan fingerprint density at radius 1 is 1.03 bits per heavy atom. The second-order valence-electron chi connectivity index (χ2n) is 5.91. The fourth-order valence-corrected chi connectivity index (χ4v) is 2.73. The Kier molecular flexibility index (Phi) is 5.72. The van der Waals surface area contributed by atoms with Crippen LogP contribution in [0, 0.1) is 0 Å². The van der Waals surface area contributed by atoms with Gasteiger partial charge in [0.05, 0.1) is 32.6 Å². The number of nitrogens with zero attached hydrogens (tertiary/aromatic N) is 4. The number of esters is 1. The first-order valence-electron chi connectivity index (χ1n) is 8.47. The number of aryl methyl sites for hydroxylation is 1. The Hall–Kier alpha value is -3.95. The maximum atomic E-state index is 12.8. The van der Waals surface area contributed by atoms with Crippen molar-refractivity contribution in [2.45, 2.75) is 0 Å². The number of amides is 1. The van der Waals surface area contributed by atoms with Crippen molar-refractivity contribution in [3.8, 4) is 22.9 Å². The fraction of sp³-hybridized carbons (Fsp3) is 0.211. The van der Waals surface area contributed by atoms with Gasteiger partial charge in [0.15, 0.2) is 17.3 Å². The quantitative estimate of drug-likeness (QED) is 0.627. The second-order valence-corrected chi connectivity index (χ2v) is 5.91. The zero-order valence-corrected chi connectivity index (χ0v) is 16.3. The third kappa shape index (κ3) is 4.00. The molecular formula is C19H19N5O5. The van der Waals surface area contributed by atoms with E-state index in [-0.39, 0.29) is 11.3 Å². The third-order valence-electron chi connectivity index (χ3n) is 4.18. The van der Waals surface area contributed by atoms with E-state index in [0.717, 1.165) is 0 Å². The van der Waals surface area contributed by atoms with E-state index < -0.39 is 11.9 Å². The van der Waals surface area contributed by atoms with Crippen LogP contribution < -0.4 is 14.8 Å². The minimum Gasteiger partial charge on any atom is -0.493 e. The lowest BCUT2D eigenvalue weighted by Crippen LogP contribution is -2.16. The lowest BCUT2D eigenvalue weighted by Gasteiger charge is -2.15. The van der Waals surface area contributed by atoms with Crippen LogP contribution in [0.1, 0.15) is 20.7 Å². The highest BCUT2D eigenvalue weighted by Crippen LogP contribution is 2.34. The number of anilines is 1. The smallest absolute Gasteiger partial charge is 0.340 e. The van der Waals surface area contributed by atoms with Crippen LogP contribution >= 0.6 is 0 Å². The Bertz CT molecular complexity index is 1060. The fourth-order valence-electron chi connectivity index (χ4n) is 2.73. The van der Waals surface area contributed by atoms with Gasteiger partial charge in [-0.2, -0.15) is 0 Å². The summed E-state index contributed by atoms with van der Waals surface area (Å²) >= 11 is 0. The molecule has 2 aromatic carbocycles. The number of carbonyl (C=O) groups excluding carboxylic acids is 2. The van der Waals surface area contributed by atoms with Gasteiger partial charge in [-0.25, -0.2) is 9.48 Å². The SMILES string of the molecule is COC(=O)c1cc(OC)c(OC)cc1NC(=O)c1cccc(-c2nnnn2C)c1. The summed E-state index contributed by atoms with van der Waals surface area (Å²) in [5.41, 5.74) is 1.39. The topological polar surface area (TPSA) is 117 Å². The van der Waals surface area contributed by atoms with E-state index in [0.29, 0.717) is 28.5 Å². The van der Waals surface area contributed by atoms with E-state index in [2.05, 4.69) is 20.8 Å². The number of ether oxygens (including phenoxy) is 3. The van der Waals surface area contributed by atoms with Crippen molar-refractivity contribution in [3.63, 3.8) is 0 Å². The van der Waals surface area contributed by atoms with Crippen LogP contribution in [-0.4, -0.2) is 53.4 Å². The summed E-state index contributed by atoms with van der Waals surface area (Å²) in [5, 5.41) is 14.1. The maximum Gasteiger partial charge on any atom is 0.340 e. The van der Waals surface area contributed by atoms with Gasteiger partial charge in [0.1, 0.15) is 0 Å². The summed E-state index contributed by atoms with van der Waals surface area (Å²) < 4.78 is 16.8. The summed E-state index contributed by atoms with van der Waals surface area (Å²) in [6.07, 6.45) is 0. The highest BCUT2D eigenvalue weighted by Gasteiger charge is 2.20. The average Bonchev–Trinajstić information content (AvgIpc) is 3.18. The van der Waals surface area contributed by atoms with Crippen LogP contribution in [0.15, 0.2) is 36.4 Å². The molecule has 29 heavy (non-hydrogen) atoms. The molecule has 10 nitrogen and oxygen atoms in total. The van der Waals surface area contributed by atoms with E-state index in [4.69, 9.17) is 14.2 Å². The monoisotopic (exact) mass is 397 g/mol. The van der Waals surface area contributed by atoms with Crippen LogP contribution in [0.4, 0.5) is 5.69 Å². The summed E-state index contributed by atoms with van der Waals surface area (Å²) in [6.45, 7) is 0. The summed E-state index contributed by atoms with van der Waals surface area (Å²) in [5.74, 6) is 0.151. The molecule has 1 amide bonds. The van der Waals surface area contributed by atoms with Crippen molar-refractivity contribution in [1.29, 1.82) is 0 Å². The van der Waals surface area contributed by atoms with Crippen molar-refractivity contribution < 1.29 is 23.8 Å². The minimum atomic E-state index is -0.625. The molecular weight excluding hydrogens is 378 g/mol. The summed E-state index contributed by atoms with van der Waals surface area (Å²) in [4.78, 5) is 25.0. The molecule has 0 spiro atoms. The molecule has 0 aliphatic heterocycles. The van der Waals surface area contributed by atoms with Crippen molar-refractivity contribution >= 4 is 17.6 Å². The Morgan fingerprint density at radius 2 is 1.76 bits per heavy atom. The normalized spacial score (nSPS) is 10.3. The molecule has 0 aliphatic carbocycles. The van der Waals surface area contributed by atoms with Crippen molar-refractivity contribution in [2.24, 2.45) is 7.05 Å². The van der Waals surface area contributed by atoms with Gasteiger partial charge in [-0.15, -0.1) is 5.10 Å². The molecule has 1 heterocycles. The molecule has 3 rings (SSSR count). The van der Waals surface area contributed by atoms with Crippen LogP contribution in [0.3, 0.4) is 0 Å². The zero-order valence-electron chi connectivity index (χ0n) is 16.3. The first kappa shape index (κ1) is 19.8. The second kappa shape index (κ2) is 8.38. The number of benzene rings is 2. The highest BCUT2D eigenvalue weighted by molar-refractivity contribution is 6.08. The number of hydrogen-bond acceptors (Lipinski definition) is 8. The van der Waals surface area contributed by atoms with Gasteiger partial charge in [-0.3, -0.25) is 4.79 Å². The van der Waals surface area contributed by atoms with Crippen molar-refractivity contribution in [1.82, 2.24) is 20.2 Å². The van der Waals surface area contributed by atoms with Gasteiger partial charge in [0.2, 0.25) is 0 Å². The number of rotatable bonds is 6. The molecule has 0 saturated heterocycles. The summed E-state index contributed by atoms with van der Waals surface area (Å²) in [6, 6.07) is 9.75. The molecule has 0 atom stereocenters. The highest BCUT2D eigenvalue weighted by atomic mass is 16.5. The molecule has 0 fully saturated rings. The third-order valence-corrected chi connectivity index (χ3v) is 4.18. The first-order chi connectivity index (χ1) is 14.0. The molecule has 1 N–H and O–H groups in total. The maximum absolute atomic E-state index is 12.8. The van der Waals surface area contributed by atoms with Crippen molar-refractivity contribution in [2.75, 3.05) is 26.6 Å². The first-order valence-corrected chi connectivity index (χ1v) is 8.47. The molecule has 10 heteroatoms. The summed E-state index contributed by atoms with van der Waals surface area (Å²) in [7, 11) is 5.86. The number of aromatic nitrogens is 4. The standard InChI is InChI=1S/C19H19N5O5/c1-24-17(21-22-23-24)11-6-5-7-12(8-11)18(25)20-14-10-16(28-3)15(27-2)9-13(14)19(26)29-4/h5-10H,1-4H3,(H,20,25). The molecule has 1 aromatic heterocycles. The Balaban J connectivity index is 1.96. The lowest BCUT2D eigenvalue weighted by molar-refractivity contribution is 0.0601. The van der Waals surface area contributed by atoms with Crippen LogP contribution in [0.2, 0.25) is 0 Å². The predicted molar refractivity (Wildman–Crippen MR) is 103 cm³/mol. The van der Waals surface area contributed by atoms with Crippen molar-refractivity contribution in [3.05, 3.63) is 47.5 Å².